The van der Waals surface area contributed by atoms with Crippen LogP contribution >= 0.6 is 23.2 Å². The number of pyridine rings is 1. The second-order valence-electron chi connectivity index (χ2n) is 10.1. The molecule has 0 aliphatic carbocycles. The smallest absolute Gasteiger partial charge is 0.410 e. The Bertz CT molecular complexity index is 1300. The summed E-state index contributed by atoms with van der Waals surface area (Å²) in [6.45, 7) is 8.47. The minimum Gasteiger partial charge on any atom is -0.482 e. The molecule has 204 valence electrons. The molecule has 4 rings (SSSR count). The number of nitrogens with two attached hydrogens (primary N) is 1. The van der Waals surface area contributed by atoms with Gasteiger partial charge in [-0.15, -0.1) is 0 Å². The predicted octanol–water partition coefficient (Wildman–Crippen LogP) is 6.39. The van der Waals surface area contributed by atoms with E-state index < -0.39 is 17.5 Å². The number of ether oxygens (including phenoxy) is 2. The van der Waals surface area contributed by atoms with E-state index in [1.54, 1.807) is 30.3 Å². The Hall–Kier alpha value is -3.08. The van der Waals surface area contributed by atoms with E-state index >= 15 is 0 Å². The average Bonchev–Trinajstić information content (AvgIpc) is 3.36. The van der Waals surface area contributed by atoms with Gasteiger partial charge in [0.15, 0.2) is 11.6 Å². The first-order valence-electron chi connectivity index (χ1n) is 12.3. The zero-order valence-electron chi connectivity index (χ0n) is 21.7. The molecule has 0 saturated carbocycles. The van der Waals surface area contributed by atoms with Crippen molar-refractivity contribution in [1.29, 1.82) is 0 Å². The lowest BCUT2D eigenvalue weighted by Gasteiger charge is -2.33. The number of nitrogens with one attached hydrogen (secondary N) is 1. The average molecular weight is 565 g/mol. The van der Waals surface area contributed by atoms with Gasteiger partial charge in [-0.1, -0.05) is 23.2 Å². The van der Waals surface area contributed by atoms with Crippen LogP contribution in [0.3, 0.4) is 0 Å². The zero-order valence-corrected chi connectivity index (χ0v) is 23.2. The van der Waals surface area contributed by atoms with Crippen molar-refractivity contribution < 1.29 is 18.7 Å². The number of benzene rings is 1. The van der Waals surface area contributed by atoms with Crippen LogP contribution in [0.2, 0.25) is 10.0 Å². The van der Waals surface area contributed by atoms with Crippen molar-refractivity contribution in [2.45, 2.75) is 58.3 Å². The minimum atomic E-state index is -0.687. The second kappa shape index (κ2) is 11.3. The molecule has 1 fully saturated rings. The Morgan fingerprint density at radius 3 is 2.58 bits per heavy atom. The first kappa shape index (κ1) is 27.9. The third kappa shape index (κ3) is 6.31. The summed E-state index contributed by atoms with van der Waals surface area (Å²) in [5.41, 5.74) is 3.90. The SMILES string of the molecule is C[C@@H](Oc1cc(-c2cnn(C3CCN(C(=O)OC(C)(C)C)CC3)c2)cnc1NN)c1c(Cl)ccc(F)c1Cl. The van der Waals surface area contributed by atoms with Gasteiger partial charge in [-0.2, -0.15) is 5.10 Å². The van der Waals surface area contributed by atoms with Gasteiger partial charge in [0.25, 0.3) is 0 Å². The highest BCUT2D eigenvalue weighted by molar-refractivity contribution is 6.36. The van der Waals surface area contributed by atoms with Crippen molar-refractivity contribution >= 4 is 35.1 Å². The molecule has 1 aliphatic heterocycles. The number of anilines is 1. The summed E-state index contributed by atoms with van der Waals surface area (Å²) < 4.78 is 27.5. The van der Waals surface area contributed by atoms with Crippen molar-refractivity contribution in [3.63, 3.8) is 0 Å². The van der Waals surface area contributed by atoms with Crippen molar-refractivity contribution in [1.82, 2.24) is 19.7 Å². The van der Waals surface area contributed by atoms with Gasteiger partial charge in [-0.25, -0.2) is 20.0 Å². The molecule has 38 heavy (non-hydrogen) atoms. The summed E-state index contributed by atoms with van der Waals surface area (Å²) in [4.78, 5) is 18.5. The lowest BCUT2D eigenvalue weighted by Crippen LogP contribution is -2.42. The van der Waals surface area contributed by atoms with Gasteiger partial charge in [-0.05, 0) is 58.7 Å². The molecular weight excluding hydrogens is 534 g/mol. The number of amides is 1. The van der Waals surface area contributed by atoms with Crippen molar-refractivity contribution in [3.8, 4) is 16.9 Å². The molecule has 0 spiro atoms. The summed E-state index contributed by atoms with van der Waals surface area (Å²) >= 11 is 12.4. The molecule has 0 unspecified atom stereocenters. The van der Waals surface area contributed by atoms with E-state index in [2.05, 4.69) is 15.5 Å². The number of piperidine rings is 1. The van der Waals surface area contributed by atoms with Crippen molar-refractivity contribution in [2.24, 2.45) is 5.84 Å². The molecule has 1 aliphatic rings. The number of rotatable bonds is 6. The standard InChI is InChI=1S/C26H31Cl2FN6O3/c1-15(22-19(27)5-6-20(29)23(22)28)37-21-11-16(12-31-24(21)33-30)17-13-32-35(14-17)18-7-9-34(10-8-18)25(36)38-26(2,3)4/h5-6,11-15,18H,7-10,30H2,1-4H3,(H,31,33)/t15-/m1/s1. The number of likely N-dealkylation sites (tertiary alicyclic amines) is 1. The summed E-state index contributed by atoms with van der Waals surface area (Å²) in [6.07, 6.45) is 5.88. The number of carbonyl (C=O) groups excluding carboxylic acids is 1. The minimum absolute atomic E-state index is 0.102. The Morgan fingerprint density at radius 2 is 1.92 bits per heavy atom. The van der Waals surface area contributed by atoms with Crippen LogP contribution in [0.5, 0.6) is 5.75 Å². The molecule has 1 saturated heterocycles. The van der Waals surface area contributed by atoms with Gasteiger partial charge in [-0.3, -0.25) is 4.68 Å². The fraction of sp³-hybridized carbons (Fsp3) is 0.423. The Balaban J connectivity index is 1.48. The largest absolute Gasteiger partial charge is 0.482 e. The molecule has 1 atom stereocenters. The molecule has 1 amide bonds. The molecule has 0 bridgehead atoms. The van der Waals surface area contributed by atoms with Gasteiger partial charge in [0, 0.05) is 47.2 Å². The summed E-state index contributed by atoms with van der Waals surface area (Å²) in [5, 5.41) is 4.74. The number of nitrogens with zero attached hydrogens (tertiary/aromatic N) is 4. The normalized spacial score (nSPS) is 15.3. The molecule has 2 aromatic heterocycles. The highest BCUT2D eigenvalue weighted by atomic mass is 35.5. The van der Waals surface area contributed by atoms with Crippen LogP contribution in [0.15, 0.2) is 36.8 Å². The number of hydrazine groups is 1. The van der Waals surface area contributed by atoms with Gasteiger partial charge >= 0.3 is 6.09 Å². The molecular formula is C26H31Cl2FN6O3. The highest BCUT2D eigenvalue weighted by Crippen LogP contribution is 2.37. The number of nitrogen functional groups attached to an aromatic ring is 1. The first-order valence-corrected chi connectivity index (χ1v) is 13.0. The fourth-order valence-corrected chi connectivity index (χ4v) is 4.97. The van der Waals surface area contributed by atoms with Crippen molar-refractivity contribution in [2.75, 3.05) is 18.5 Å². The van der Waals surface area contributed by atoms with Gasteiger partial charge in [0.1, 0.15) is 17.5 Å². The van der Waals surface area contributed by atoms with Crippen LogP contribution in [0.4, 0.5) is 15.0 Å². The van der Waals surface area contributed by atoms with Crippen LogP contribution in [0.25, 0.3) is 11.1 Å². The van der Waals surface area contributed by atoms with E-state index in [1.807, 2.05) is 31.6 Å². The third-order valence-electron chi connectivity index (χ3n) is 6.20. The number of aromatic nitrogens is 3. The fourth-order valence-electron chi connectivity index (χ4n) is 4.29. The third-order valence-corrected chi connectivity index (χ3v) is 6.92. The summed E-state index contributed by atoms with van der Waals surface area (Å²) in [7, 11) is 0. The van der Waals surface area contributed by atoms with Gasteiger partial charge in [0.2, 0.25) is 0 Å². The first-order chi connectivity index (χ1) is 18.0. The van der Waals surface area contributed by atoms with E-state index in [-0.39, 0.29) is 22.2 Å². The Kier molecular flexibility index (Phi) is 8.34. The molecule has 3 N–H and O–H groups in total. The highest BCUT2D eigenvalue weighted by Gasteiger charge is 2.28. The molecule has 3 heterocycles. The monoisotopic (exact) mass is 564 g/mol. The molecule has 0 radical (unpaired) electrons. The van der Waals surface area contributed by atoms with Crippen LogP contribution in [0.1, 0.15) is 58.2 Å². The van der Waals surface area contributed by atoms with E-state index in [0.717, 1.165) is 24.0 Å². The maximum atomic E-state index is 14.0. The lowest BCUT2D eigenvalue weighted by molar-refractivity contribution is 0.0185. The molecule has 9 nitrogen and oxygen atoms in total. The van der Waals surface area contributed by atoms with E-state index in [0.29, 0.717) is 30.2 Å². The molecule has 1 aromatic carbocycles. The predicted molar refractivity (Wildman–Crippen MR) is 145 cm³/mol. The number of hydrogen-bond acceptors (Lipinski definition) is 7. The lowest BCUT2D eigenvalue weighted by atomic mass is 10.1. The Morgan fingerprint density at radius 1 is 1.21 bits per heavy atom. The Labute approximate surface area is 231 Å². The van der Waals surface area contributed by atoms with Crippen LogP contribution < -0.4 is 16.0 Å². The van der Waals surface area contributed by atoms with Crippen LogP contribution in [0, 0.1) is 5.82 Å². The van der Waals surface area contributed by atoms with Crippen molar-refractivity contribution in [3.05, 3.63) is 58.2 Å². The van der Waals surface area contributed by atoms with Crippen LogP contribution in [-0.4, -0.2) is 44.4 Å². The number of halogens is 3. The maximum absolute atomic E-state index is 14.0. The zero-order chi connectivity index (χ0) is 27.6. The molecule has 12 heteroatoms. The van der Waals surface area contributed by atoms with E-state index in [9.17, 15) is 9.18 Å². The number of hydrogen-bond donors (Lipinski definition) is 2. The van der Waals surface area contributed by atoms with E-state index in [4.69, 9.17) is 38.5 Å². The van der Waals surface area contributed by atoms with Crippen LogP contribution in [-0.2, 0) is 4.74 Å². The summed E-state index contributed by atoms with van der Waals surface area (Å²) in [6, 6.07) is 4.55. The van der Waals surface area contributed by atoms with Gasteiger partial charge in [0.05, 0.1) is 17.3 Å². The summed E-state index contributed by atoms with van der Waals surface area (Å²) in [5.74, 6) is 5.70. The molecule has 3 aromatic rings. The van der Waals surface area contributed by atoms with Gasteiger partial charge < -0.3 is 19.8 Å². The maximum Gasteiger partial charge on any atom is 0.410 e. The second-order valence-corrected chi connectivity index (χ2v) is 10.9. The quantitative estimate of drug-likeness (QED) is 0.203. The number of carbonyl (C=O) groups is 1. The van der Waals surface area contributed by atoms with E-state index in [1.165, 1.54) is 12.1 Å². The topological polar surface area (TPSA) is 108 Å².